The minimum atomic E-state index is 0.390. The molecule has 0 radical (unpaired) electrons. The number of nitrogens with zero attached hydrogens (tertiary/aromatic N) is 2. The molecule has 0 aromatic carbocycles. The Morgan fingerprint density at radius 2 is 2.47 bits per heavy atom. The number of thiocarbonyl (C=S) groups is 1. The van der Waals surface area contributed by atoms with Crippen LogP contribution < -0.4 is 11.1 Å². The van der Waals surface area contributed by atoms with Crippen molar-refractivity contribution in [1.29, 1.82) is 0 Å². The maximum absolute atomic E-state index is 5.52. The van der Waals surface area contributed by atoms with Gasteiger partial charge < -0.3 is 16.0 Å². The summed E-state index contributed by atoms with van der Waals surface area (Å²) in [4.78, 5) is 7.03. The van der Waals surface area contributed by atoms with Crippen molar-refractivity contribution >= 4 is 23.0 Å². The highest BCUT2D eigenvalue weighted by Gasteiger charge is 2.18. The third kappa shape index (κ3) is 3.38. The lowest BCUT2D eigenvalue weighted by atomic mass is 10.1. The van der Waals surface area contributed by atoms with Crippen molar-refractivity contribution in [1.82, 2.24) is 9.88 Å². The van der Waals surface area contributed by atoms with E-state index in [9.17, 15) is 0 Å². The first-order valence-electron chi connectivity index (χ1n) is 5.83. The van der Waals surface area contributed by atoms with Gasteiger partial charge in [0, 0.05) is 24.8 Å². The maximum Gasteiger partial charge on any atom is 0.125 e. The molecule has 1 aliphatic heterocycles. The van der Waals surface area contributed by atoms with E-state index in [0.29, 0.717) is 4.99 Å². The third-order valence-corrected chi connectivity index (χ3v) is 3.34. The molecule has 3 N–H and O–H groups in total. The van der Waals surface area contributed by atoms with Gasteiger partial charge in [-0.25, -0.2) is 4.98 Å². The van der Waals surface area contributed by atoms with Gasteiger partial charge in [0.1, 0.15) is 10.8 Å². The number of hydrogen-bond donors (Lipinski definition) is 2. The Morgan fingerprint density at radius 3 is 3.00 bits per heavy atom. The molecule has 1 aromatic rings. The van der Waals surface area contributed by atoms with Gasteiger partial charge in [-0.15, -0.1) is 0 Å². The van der Waals surface area contributed by atoms with E-state index in [2.05, 4.69) is 22.2 Å². The number of nitrogens with one attached hydrogen (secondary N) is 1. The molecule has 1 atom stereocenters. The van der Waals surface area contributed by atoms with E-state index in [0.717, 1.165) is 30.4 Å². The normalized spacial score (nSPS) is 20.4. The molecule has 0 amide bonds. The Hall–Kier alpha value is -1.20. The standard InChI is InChI=1S/C12H18N4S/c1-16-5-4-9(8-16)6-14-11-3-2-10(7-15-11)12(13)17/h2-3,7,9H,4-6,8H2,1H3,(H2,13,17)(H,14,15). The maximum atomic E-state index is 5.52. The van der Waals surface area contributed by atoms with Gasteiger partial charge in [-0.2, -0.15) is 0 Å². The molecule has 5 heteroatoms. The van der Waals surface area contributed by atoms with Crippen LogP contribution in [0.2, 0.25) is 0 Å². The SMILES string of the molecule is CN1CCC(CNc2ccc(C(N)=S)cn2)C1. The summed E-state index contributed by atoms with van der Waals surface area (Å²) in [6, 6.07) is 3.82. The van der Waals surface area contributed by atoms with Crippen LogP contribution in [-0.2, 0) is 0 Å². The molecule has 0 aliphatic carbocycles. The van der Waals surface area contributed by atoms with Crippen LogP contribution in [0.1, 0.15) is 12.0 Å². The van der Waals surface area contributed by atoms with Crippen LogP contribution in [0, 0.1) is 5.92 Å². The largest absolute Gasteiger partial charge is 0.389 e. The first-order chi connectivity index (χ1) is 8.15. The predicted octanol–water partition coefficient (Wildman–Crippen LogP) is 1.08. The number of hydrogen-bond acceptors (Lipinski definition) is 4. The number of likely N-dealkylation sites (tertiary alicyclic amines) is 1. The quantitative estimate of drug-likeness (QED) is 0.783. The second-order valence-corrected chi connectivity index (χ2v) is 5.03. The van der Waals surface area contributed by atoms with E-state index in [-0.39, 0.29) is 0 Å². The third-order valence-electron chi connectivity index (χ3n) is 3.11. The van der Waals surface area contributed by atoms with E-state index < -0.39 is 0 Å². The molecule has 0 bridgehead atoms. The van der Waals surface area contributed by atoms with Crippen molar-refractivity contribution in [2.24, 2.45) is 11.7 Å². The van der Waals surface area contributed by atoms with Crippen molar-refractivity contribution in [2.75, 3.05) is 32.0 Å². The number of aromatic nitrogens is 1. The molecular formula is C12H18N4S. The number of nitrogens with two attached hydrogens (primary N) is 1. The zero-order chi connectivity index (χ0) is 12.3. The summed E-state index contributed by atoms with van der Waals surface area (Å²) in [5, 5.41) is 3.35. The van der Waals surface area contributed by atoms with Gasteiger partial charge in [-0.3, -0.25) is 0 Å². The zero-order valence-corrected chi connectivity index (χ0v) is 10.8. The van der Waals surface area contributed by atoms with Crippen molar-refractivity contribution in [3.05, 3.63) is 23.9 Å². The first kappa shape index (κ1) is 12.3. The summed E-state index contributed by atoms with van der Waals surface area (Å²) in [5.74, 6) is 1.61. The topological polar surface area (TPSA) is 54.2 Å². The fraction of sp³-hybridized carbons (Fsp3) is 0.500. The molecule has 4 nitrogen and oxygen atoms in total. The second kappa shape index (κ2) is 5.42. The van der Waals surface area contributed by atoms with E-state index in [1.54, 1.807) is 6.20 Å². The molecule has 0 spiro atoms. The van der Waals surface area contributed by atoms with E-state index in [1.807, 2.05) is 12.1 Å². The van der Waals surface area contributed by atoms with Crippen LogP contribution in [0.3, 0.4) is 0 Å². The summed E-state index contributed by atoms with van der Waals surface area (Å²) in [6.07, 6.45) is 2.97. The van der Waals surface area contributed by atoms with Gasteiger partial charge in [-0.1, -0.05) is 12.2 Å². The molecule has 2 heterocycles. The van der Waals surface area contributed by atoms with E-state index in [1.165, 1.54) is 13.0 Å². The van der Waals surface area contributed by atoms with E-state index in [4.69, 9.17) is 18.0 Å². The van der Waals surface area contributed by atoms with Crippen molar-refractivity contribution in [2.45, 2.75) is 6.42 Å². The number of pyridine rings is 1. The minimum Gasteiger partial charge on any atom is -0.389 e. The van der Waals surface area contributed by atoms with Gasteiger partial charge in [-0.05, 0) is 38.1 Å². The first-order valence-corrected chi connectivity index (χ1v) is 6.24. The monoisotopic (exact) mass is 250 g/mol. The van der Waals surface area contributed by atoms with Crippen molar-refractivity contribution in [3.63, 3.8) is 0 Å². The Kier molecular flexibility index (Phi) is 3.91. The summed E-state index contributed by atoms with van der Waals surface area (Å²) in [6.45, 7) is 3.34. The molecular weight excluding hydrogens is 232 g/mol. The van der Waals surface area contributed by atoms with Crippen molar-refractivity contribution in [3.8, 4) is 0 Å². The second-order valence-electron chi connectivity index (χ2n) is 4.59. The summed E-state index contributed by atoms with van der Waals surface area (Å²) < 4.78 is 0. The average molecular weight is 250 g/mol. The van der Waals surface area contributed by atoms with Gasteiger partial charge in [0.2, 0.25) is 0 Å². The smallest absolute Gasteiger partial charge is 0.125 e. The Balaban J connectivity index is 1.85. The lowest BCUT2D eigenvalue weighted by molar-refractivity contribution is 0.399. The number of rotatable bonds is 4. The lowest BCUT2D eigenvalue weighted by Crippen LogP contribution is -2.19. The van der Waals surface area contributed by atoms with Gasteiger partial charge in [0.05, 0.1) is 0 Å². The summed E-state index contributed by atoms with van der Waals surface area (Å²) in [5.41, 5.74) is 6.33. The molecule has 0 saturated carbocycles. The van der Waals surface area contributed by atoms with Crippen LogP contribution in [0.5, 0.6) is 0 Å². The zero-order valence-electron chi connectivity index (χ0n) is 10.0. The molecule has 92 valence electrons. The van der Waals surface area contributed by atoms with Gasteiger partial charge in [0.25, 0.3) is 0 Å². The van der Waals surface area contributed by atoms with Crippen LogP contribution in [-0.4, -0.2) is 41.6 Å². The Morgan fingerprint density at radius 1 is 1.65 bits per heavy atom. The minimum absolute atomic E-state index is 0.390. The predicted molar refractivity (Wildman–Crippen MR) is 74.2 cm³/mol. The highest BCUT2D eigenvalue weighted by atomic mass is 32.1. The fourth-order valence-electron chi connectivity index (χ4n) is 2.09. The Labute approximate surface area is 107 Å². The molecule has 1 unspecified atom stereocenters. The molecule has 1 saturated heterocycles. The lowest BCUT2D eigenvalue weighted by Gasteiger charge is -2.12. The molecule has 1 aliphatic rings. The highest BCUT2D eigenvalue weighted by molar-refractivity contribution is 7.80. The van der Waals surface area contributed by atoms with Gasteiger partial charge >= 0.3 is 0 Å². The number of anilines is 1. The van der Waals surface area contributed by atoms with Crippen LogP contribution in [0.25, 0.3) is 0 Å². The van der Waals surface area contributed by atoms with Crippen LogP contribution >= 0.6 is 12.2 Å². The molecule has 2 rings (SSSR count). The van der Waals surface area contributed by atoms with Crippen molar-refractivity contribution < 1.29 is 0 Å². The van der Waals surface area contributed by atoms with Crippen LogP contribution in [0.4, 0.5) is 5.82 Å². The molecule has 1 fully saturated rings. The summed E-state index contributed by atoms with van der Waals surface area (Å²) in [7, 11) is 2.16. The van der Waals surface area contributed by atoms with Gasteiger partial charge in [0.15, 0.2) is 0 Å². The van der Waals surface area contributed by atoms with Crippen LogP contribution in [0.15, 0.2) is 18.3 Å². The highest BCUT2D eigenvalue weighted by Crippen LogP contribution is 2.15. The fourth-order valence-corrected chi connectivity index (χ4v) is 2.21. The Bertz CT molecular complexity index is 390. The van der Waals surface area contributed by atoms with E-state index >= 15 is 0 Å². The molecule has 1 aromatic heterocycles. The average Bonchev–Trinajstić information content (AvgIpc) is 2.73. The summed E-state index contributed by atoms with van der Waals surface area (Å²) >= 11 is 4.88. The molecule has 17 heavy (non-hydrogen) atoms.